The molecule has 0 bridgehead atoms. The van der Waals surface area contributed by atoms with Crippen molar-refractivity contribution >= 4 is 5.91 Å². The summed E-state index contributed by atoms with van der Waals surface area (Å²) < 4.78 is 5.15. The van der Waals surface area contributed by atoms with Crippen molar-refractivity contribution in [2.24, 2.45) is 5.73 Å². The molecule has 7 nitrogen and oxygen atoms in total. The first-order valence-corrected chi connectivity index (χ1v) is 6.96. The van der Waals surface area contributed by atoms with Gasteiger partial charge in [-0.15, -0.1) is 10.2 Å². The third-order valence-corrected chi connectivity index (χ3v) is 3.32. The van der Waals surface area contributed by atoms with Crippen molar-refractivity contribution in [3.8, 4) is 28.3 Å². The van der Waals surface area contributed by atoms with Gasteiger partial charge in [-0.1, -0.05) is 36.4 Å². The highest BCUT2D eigenvalue weighted by Gasteiger charge is 2.08. The molecule has 0 aliphatic carbocycles. The third kappa shape index (κ3) is 3.34. The predicted octanol–water partition coefficient (Wildman–Crippen LogP) is 1.50. The fraction of sp³-hybridized carbons (Fsp3) is 0.125. The van der Waals surface area contributed by atoms with Crippen molar-refractivity contribution < 1.29 is 9.53 Å². The zero-order chi connectivity index (χ0) is 16.2. The van der Waals surface area contributed by atoms with Crippen LogP contribution in [0.4, 0.5) is 0 Å². The number of methoxy groups -OCH3 is 1. The van der Waals surface area contributed by atoms with Gasteiger partial charge in [0.05, 0.1) is 7.11 Å². The number of hydrogen-bond acceptors (Lipinski definition) is 5. The second kappa shape index (κ2) is 6.27. The molecular weight excluding hydrogens is 294 g/mol. The second-order valence-corrected chi connectivity index (χ2v) is 4.92. The smallest absolute Gasteiger partial charge is 0.241 e. The number of aromatic nitrogens is 4. The molecule has 1 aromatic heterocycles. The molecule has 0 radical (unpaired) electrons. The van der Waals surface area contributed by atoms with Crippen molar-refractivity contribution in [3.05, 3.63) is 48.5 Å². The van der Waals surface area contributed by atoms with Gasteiger partial charge in [-0.3, -0.25) is 4.79 Å². The lowest BCUT2D eigenvalue weighted by atomic mass is 10.0. The van der Waals surface area contributed by atoms with Gasteiger partial charge >= 0.3 is 0 Å². The number of benzene rings is 2. The first kappa shape index (κ1) is 14.7. The Morgan fingerprint density at radius 1 is 1.04 bits per heavy atom. The molecule has 3 aromatic rings. The van der Waals surface area contributed by atoms with E-state index in [1.165, 1.54) is 4.80 Å². The van der Waals surface area contributed by atoms with Crippen LogP contribution in [0.3, 0.4) is 0 Å². The minimum atomic E-state index is -0.510. The van der Waals surface area contributed by atoms with E-state index >= 15 is 0 Å². The molecule has 0 saturated heterocycles. The zero-order valence-electron chi connectivity index (χ0n) is 12.5. The van der Waals surface area contributed by atoms with E-state index in [1.807, 2.05) is 48.5 Å². The molecule has 2 N–H and O–H groups in total. The minimum absolute atomic E-state index is 0.0864. The van der Waals surface area contributed by atoms with E-state index in [4.69, 9.17) is 10.5 Å². The zero-order valence-corrected chi connectivity index (χ0v) is 12.5. The topological polar surface area (TPSA) is 95.9 Å². The summed E-state index contributed by atoms with van der Waals surface area (Å²) in [6.07, 6.45) is 0. The number of carbonyl (C=O) groups is 1. The Morgan fingerprint density at radius 3 is 2.17 bits per heavy atom. The Balaban J connectivity index is 1.81. The van der Waals surface area contributed by atoms with Gasteiger partial charge in [0.2, 0.25) is 11.7 Å². The van der Waals surface area contributed by atoms with Gasteiger partial charge in [0, 0.05) is 5.56 Å². The summed E-state index contributed by atoms with van der Waals surface area (Å²) >= 11 is 0. The Hall–Kier alpha value is -3.22. The lowest BCUT2D eigenvalue weighted by Crippen LogP contribution is -2.20. The standard InChI is InChI=1S/C16H15N5O2/c1-23-14-8-6-12(7-9-14)11-2-4-13(5-3-11)16-18-20-21(19-16)10-15(17)22/h2-9H,10H2,1H3,(H2,17,22). The van der Waals surface area contributed by atoms with Crippen molar-refractivity contribution in [2.75, 3.05) is 7.11 Å². The van der Waals surface area contributed by atoms with E-state index in [0.717, 1.165) is 22.4 Å². The summed E-state index contributed by atoms with van der Waals surface area (Å²) in [6.45, 7) is -0.0864. The summed E-state index contributed by atoms with van der Waals surface area (Å²) in [4.78, 5) is 12.0. The number of tetrazole rings is 1. The average Bonchev–Trinajstić information content (AvgIpc) is 3.03. The summed E-state index contributed by atoms with van der Waals surface area (Å²) in [6, 6.07) is 15.6. The quantitative estimate of drug-likeness (QED) is 0.770. The van der Waals surface area contributed by atoms with Crippen molar-refractivity contribution in [2.45, 2.75) is 6.54 Å². The maximum absolute atomic E-state index is 10.8. The van der Waals surface area contributed by atoms with Crippen LogP contribution in [0.1, 0.15) is 0 Å². The van der Waals surface area contributed by atoms with Crippen LogP contribution in [-0.2, 0) is 11.3 Å². The van der Waals surface area contributed by atoms with Crippen LogP contribution in [0.2, 0.25) is 0 Å². The molecule has 0 unspecified atom stereocenters. The molecule has 1 amide bonds. The molecule has 0 saturated carbocycles. The van der Waals surface area contributed by atoms with Crippen molar-refractivity contribution in [1.82, 2.24) is 20.2 Å². The number of carbonyl (C=O) groups excluding carboxylic acids is 1. The van der Waals surface area contributed by atoms with E-state index in [9.17, 15) is 4.79 Å². The molecule has 0 fully saturated rings. The Bertz CT molecular complexity index is 809. The normalized spacial score (nSPS) is 10.5. The Labute approximate surface area is 132 Å². The molecule has 23 heavy (non-hydrogen) atoms. The number of hydrogen-bond donors (Lipinski definition) is 1. The van der Waals surface area contributed by atoms with Crippen molar-refractivity contribution in [3.63, 3.8) is 0 Å². The SMILES string of the molecule is COc1ccc(-c2ccc(-c3nnn(CC(N)=O)n3)cc2)cc1. The van der Waals surface area contributed by atoms with Crippen LogP contribution in [0.25, 0.3) is 22.5 Å². The number of nitrogens with zero attached hydrogens (tertiary/aromatic N) is 4. The molecular formula is C16H15N5O2. The van der Waals surface area contributed by atoms with Crippen LogP contribution in [0.5, 0.6) is 5.75 Å². The number of amides is 1. The highest BCUT2D eigenvalue weighted by Crippen LogP contribution is 2.24. The molecule has 0 aliphatic rings. The average molecular weight is 309 g/mol. The summed E-state index contributed by atoms with van der Waals surface area (Å²) in [7, 11) is 1.64. The van der Waals surface area contributed by atoms with Gasteiger partial charge in [-0.2, -0.15) is 4.80 Å². The summed E-state index contributed by atoms with van der Waals surface area (Å²) in [5, 5.41) is 11.8. The molecule has 7 heteroatoms. The lowest BCUT2D eigenvalue weighted by Gasteiger charge is -2.04. The maximum Gasteiger partial charge on any atom is 0.241 e. The van der Waals surface area contributed by atoms with Gasteiger partial charge in [0.25, 0.3) is 0 Å². The molecule has 1 heterocycles. The van der Waals surface area contributed by atoms with Crippen LogP contribution in [-0.4, -0.2) is 33.2 Å². The van der Waals surface area contributed by atoms with E-state index < -0.39 is 5.91 Å². The monoisotopic (exact) mass is 309 g/mol. The molecule has 116 valence electrons. The number of nitrogens with two attached hydrogens (primary N) is 1. The largest absolute Gasteiger partial charge is 0.497 e. The summed E-state index contributed by atoms with van der Waals surface area (Å²) in [5.41, 5.74) is 8.07. The van der Waals surface area contributed by atoms with E-state index in [0.29, 0.717) is 5.82 Å². The van der Waals surface area contributed by atoms with Crippen molar-refractivity contribution in [1.29, 1.82) is 0 Å². The third-order valence-electron chi connectivity index (χ3n) is 3.32. The maximum atomic E-state index is 10.8. The fourth-order valence-corrected chi connectivity index (χ4v) is 2.16. The number of rotatable bonds is 5. The number of primary amides is 1. The van der Waals surface area contributed by atoms with Crippen LogP contribution in [0, 0.1) is 0 Å². The molecule has 0 aliphatic heterocycles. The first-order valence-electron chi connectivity index (χ1n) is 6.96. The minimum Gasteiger partial charge on any atom is -0.497 e. The highest BCUT2D eigenvalue weighted by atomic mass is 16.5. The Kier molecular flexibility index (Phi) is 4.01. The number of ether oxygens (including phenoxy) is 1. The van der Waals surface area contributed by atoms with E-state index in [-0.39, 0.29) is 6.54 Å². The molecule has 0 spiro atoms. The Morgan fingerprint density at radius 2 is 1.61 bits per heavy atom. The molecule has 2 aromatic carbocycles. The van der Waals surface area contributed by atoms with Gasteiger partial charge in [-0.25, -0.2) is 0 Å². The van der Waals surface area contributed by atoms with Gasteiger partial charge in [0.1, 0.15) is 12.3 Å². The van der Waals surface area contributed by atoms with Crippen LogP contribution in [0.15, 0.2) is 48.5 Å². The van der Waals surface area contributed by atoms with E-state index in [2.05, 4.69) is 15.4 Å². The highest BCUT2D eigenvalue weighted by molar-refractivity contribution is 5.73. The van der Waals surface area contributed by atoms with Gasteiger partial charge in [0.15, 0.2) is 0 Å². The van der Waals surface area contributed by atoms with Crippen LogP contribution >= 0.6 is 0 Å². The second-order valence-electron chi connectivity index (χ2n) is 4.92. The van der Waals surface area contributed by atoms with Gasteiger partial charge < -0.3 is 10.5 Å². The lowest BCUT2D eigenvalue weighted by molar-refractivity contribution is -0.118. The van der Waals surface area contributed by atoms with Gasteiger partial charge in [-0.05, 0) is 28.5 Å². The molecule has 3 rings (SSSR count). The first-order chi connectivity index (χ1) is 11.2. The predicted molar refractivity (Wildman–Crippen MR) is 84.4 cm³/mol. The fourth-order valence-electron chi connectivity index (χ4n) is 2.16. The molecule has 0 atom stereocenters. The summed E-state index contributed by atoms with van der Waals surface area (Å²) in [5.74, 6) is 0.761. The van der Waals surface area contributed by atoms with E-state index in [1.54, 1.807) is 7.11 Å². The van der Waals surface area contributed by atoms with Crippen LogP contribution < -0.4 is 10.5 Å².